The minimum atomic E-state index is 0.528. The third-order valence-electron chi connectivity index (χ3n) is 2.99. The van der Waals surface area contributed by atoms with Crippen LogP contribution in [0.25, 0.3) is 0 Å². The summed E-state index contributed by atoms with van der Waals surface area (Å²) in [6, 6.07) is 12.2. The average Bonchev–Trinajstić information content (AvgIpc) is 2.41. The maximum absolute atomic E-state index is 4.39. The Morgan fingerprint density at radius 1 is 1.00 bits per heavy atom. The van der Waals surface area contributed by atoms with E-state index in [1.165, 1.54) is 11.4 Å². The van der Waals surface area contributed by atoms with E-state index in [-0.39, 0.29) is 0 Å². The molecule has 2 heterocycles. The first-order chi connectivity index (χ1) is 8.36. The van der Waals surface area contributed by atoms with Gasteiger partial charge in [-0.25, -0.2) is 0 Å². The van der Waals surface area contributed by atoms with Crippen molar-refractivity contribution in [2.45, 2.75) is 32.1 Å². The number of aromatic nitrogens is 2. The molecule has 0 aliphatic carbocycles. The van der Waals surface area contributed by atoms with E-state index < -0.39 is 0 Å². The van der Waals surface area contributed by atoms with Crippen LogP contribution in [-0.2, 0) is 6.42 Å². The summed E-state index contributed by atoms with van der Waals surface area (Å²) in [6.45, 7) is 2.24. The monoisotopic (exact) mass is 226 g/mol. The Hall–Kier alpha value is -1.70. The zero-order valence-corrected chi connectivity index (χ0v) is 10.2. The van der Waals surface area contributed by atoms with Gasteiger partial charge in [-0.15, -0.1) is 0 Å². The molecule has 0 fully saturated rings. The van der Waals surface area contributed by atoms with E-state index in [1.807, 2.05) is 30.6 Å². The molecule has 0 amide bonds. The second-order valence-electron chi connectivity index (χ2n) is 4.37. The molecule has 0 N–H and O–H groups in total. The standard InChI is InChI=1S/C15H18N2/c1-13(15-10-3-5-12-17-15)7-6-9-14-8-2-4-11-16-14/h2-5,8,10-13H,6-7,9H2,1H3. The molecule has 2 aromatic heterocycles. The van der Waals surface area contributed by atoms with Gasteiger partial charge in [0.15, 0.2) is 0 Å². The van der Waals surface area contributed by atoms with Crippen molar-refractivity contribution < 1.29 is 0 Å². The van der Waals surface area contributed by atoms with Gasteiger partial charge in [-0.3, -0.25) is 9.97 Å². The van der Waals surface area contributed by atoms with Crippen molar-refractivity contribution >= 4 is 0 Å². The Labute approximate surface area is 103 Å². The number of aryl methyl sites for hydroxylation is 1. The Bertz CT molecular complexity index is 425. The van der Waals surface area contributed by atoms with E-state index in [0.717, 1.165) is 19.3 Å². The Kier molecular flexibility index (Phi) is 4.25. The lowest BCUT2D eigenvalue weighted by Crippen LogP contribution is -1.98. The molecule has 0 saturated carbocycles. The minimum absolute atomic E-state index is 0.528. The third kappa shape index (κ3) is 3.66. The molecule has 2 rings (SSSR count). The van der Waals surface area contributed by atoms with E-state index in [9.17, 15) is 0 Å². The molecule has 0 aliphatic heterocycles. The van der Waals surface area contributed by atoms with Gasteiger partial charge >= 0.3 is 0 Å². The molecule has 0 radical (unpaired) electrons. The van der Waals surface area contributed by atoms with Gasteiger partial charge in [0.05, 0.1) is 0 Å². The van der Waals surface area contributed by atoms with Gasteiger partial charge in [-0.1, -0.05) is 19.1 Å². The van der Waals surface area contributed by atoms with Crippen LogP contribution in [0.15, 0.2) is 48.8 Å². The second kappa shape index (κ2) is 6.14. The third-order valence-corrected chi connectivity index (χ3v) is 2.99. The molecule has 17 heavy (non-hydrogen) atoms. The summed E-state index contributed by atoms with van der Waals surface area (Å²) < 4.78 is 0. The average molecular weight is 226 g/mol. The fourth-order valence-electron chi connectivity index (χ4n) is 1.95. The van der Waals surface area contributed by atoms with Crippen molar-refractivity contribution in [1.29, 1.82) is 0 Å². The normalized spacial score (nSPS) is 12.3. The largest absolute Gasteiger partial charge is 0.261 e. The molecule has 0 saturated heterocycles. The van der Waals surface area contributed by atoms with Gasteiger partial charge in [0.1, 0.15) is 0 Å². The number of hydrogen-bond acceptors (Lipinski definition) is 2. The topological polar surface area (TPSA) is 25.8 Å². The van der Waals surface area contributed by atoms with Crippen molar-refractivity contribution in [2.75, 3.05) is 0 Å². The fourth-order valence-corrected chi connectivity index (χ4v) is 1.95. The fraction of sp³-hybridized carbons (Fsp3) is 0.333. The highest BCUT2D eigenvalue weighted by Crippen LogP contribution is 2.18. The Morgan fingerprint density at radius 2 is 1.76 bits per heavy atom. The molecule has 0 aromatic carbocycles. The van der Waals surface area contributed by atoms with Crippen LogP contribution in [0.1, 0.15) is 37.1 Å². The van der Waals surface area contributed by atoms with Crippen molar-refractivity contribution in [3.8, 4) is 0 Å². The predicted molar refractivity (Wildman–Crippen MR) is 69.8 cm³/mol. The number of nitrogens with zero attached hydrogens (tertiary/aromatic N) is 2. The van der Waals surface area contributed by atoms with Crippen LogP contribution in [0.4, 0.5) is 0 Å². The maximum atomic E-state index is 4.39. The molecular formula is C15H18N2. The minimum Gasteiger partial charge on any atom is -0.261 e. The van der Waals surface area contributed by atoms with Gasteiger partial charge in [-0.05, 0) is 49.4 Å². The SMILES string of the molecule is CC(CCCc1ccccn1)c1ccccn1. The number of pyridine rings is 2. The summed E-state index contributed by atoms with van der Waals surface area (Å²) in [5, 5.41) is 0. The van der Waals surface area contributed by atoms with E-state index in [0.29, 0.717) is 5.92 Å². The molecule has 1 atom stereocenters. The first kappa shape index (κ1) is 11.8. The lowest BCUT2D eigenvalue weighted by Gasteiger charge is -2.09. The molecule has 2 heteroatoms. The van der Waals surface area contributed by atoms with Gasteiger partial charge in [0.25, 0.3) is 0 Å². The smallest absolute Gasteiger partial charge is 0.0431 e. The zero-order chi connectivity index (χ0) is 11.9. The summed E-state index contributed by atoms with van der Waals surface area (Å²) in [6.07, 6.45) is 7.10. The van der Waals surface area contributed by atoms with Crippen molar-refractivity contribution in [1.82, 2.24) is 9.97 Å². The van der Waals surface area contributed by atoms with Crippen LogP contribution in [-0.4, -0.2) is 9.97 Å². The quantitative estimate of drug-likeness (QED) is 0.778. The van der Waals surface area contributed by atoms with Crippen LogP contribution >= 0.6 is 0 Å². The van der Waals surface area contributed by atoms with E-state index in [1.54, 1.807) is 0 Å². The molecular weight excluding hydrogens is 208 g/mol. The van der Waals surface area contributed by atoms with Crippen LogP contribution < -0.4 is 0 Å². The van der Waals surface area contributed by atoms with E-state index in [4.69, 9.17) is 0 Å². The van der Waals surface area contributed by atoms with Gasteiger partial charge in [0.2, 0.25) is 0 Å². The Balaban J connectivity index is 1.79. The van der Waals surface area contributed by atoms with Crippen LogP contribution in [0.3, 0.4) is 0 Å². The van der Waals surface area contributed by atoms with Crippen molar-refractivity contribution in [3.05, 3.63) is 60.2 Å². The number of hydrogen-bond donors (Lipinski definition) is 0. The maximum Gasteiger partial charge on any atom is 0.0431 e. The van der Waals surface area contributed by atoms with Crippen LogP contribution in [0.2, 0.25) is 0 Å². The molecule has 2 aromatic rings. The highest BCUT2D eigenvalue weighted by molar-refractivity contribution is 5.08. The zero-order valence-electron chi connectivity index (χ0n) is 10.2. The van der Waals surface area contributed by atoms with Crippen LogP contribution in [0, 0.1) is 0 Å². The first-order valence-electron chi connectivity index (χ1n) is 6.17. The van der Waals surface area contributed by atoms with Crippen molar-refractivity contribution in [2.24, 2.45) is 0 Å². The highest BCUT2D eigenvalue weighted by Gasteiger charge is 2.05. The first-order valence-corrected chi connectivity index (χ1v) is 6.17. The summed E-state index contributed by atoms with van der Waals surface area (Å²) in [5.74, 6) is 0.528. The summed E-state index contributed by atoms with van der Waals surface area (Å²) in [4.78, 5) is 8.72. The molecule has 2 nitrogen and oxygen atoms in total. The van der Waals surface area contributed by atoms with Gasteiger partial charge in [-0.2, -0.15) is 0 Å². The summed E-state index contributed by atoms with van der Waals surface area (Å²) >= 11 is 0. The lowest BCUT2D eigenvalue weighted by atomic mass is 9.99. The molecule has 0 spiro atoms. The predicted octanol–water partition coefficient (Wildman–Crippen LogP) is 3.60. The number of rotatable bonds is 5. The van der Waals surface area contributed by atoms with Gasteiger partial charge in [0, 0.05) is 23.8 Å². The summed E-state index contributed by atoms with van der Waals surface area (Å²) in [7, 11) is 0. The van der Waals surface area contributed by atoms with Crippen molar-refractivity contribution in [3.63, 3.8) is 0 Å². The molecule has 0 bridgehead atoms. The Morgan fingerprint density at radius 3 is 2.41 bits per heavy atom. The van der Waals surface area contributed by atoms with Gasteiger partial charge < -0.3 is 0 Å². The summed E-state index contributed by atoms with van der Waals surface area (Å²) in [5.41, 5.74) is 2.37. The molecule has 0 aliphatic rings. The van der Waals surface area contributed by atoms with E-state index >= 15 is 0 Å². The second-order valence-corrected chi connectivity index (χ2v) is 4.37. The van der Waals surface area contributed by atoms with E-state index in [2.05, 4.69) is 35.1 Å². The van der Waals surface area contributed by atoms with Crippen LogP contribution in [0.5, 0.6) is 0 Å². The lowest BCUT2D eigenvalue weighted by molar-refractivity contribution is 0.615. The molecule has 88 valence electrons. The highest BCUT2D eigenvalue weighted by atomic mass is 14.7. The molecule has 1 unspecified atom stereocenters.